The van der Waals surface area contributed by atoms with Crippen molar-refractivity contribution in [3.8, 4) is 16.9 Å². The number of nitrogens with zero attached hydrogens (tertiary/aromatic N) is 2. The van der Waals surface area contributed by atoms with Crippen molar-refractivity contribution in [1.29, 1.82) is 0 Å². The molecule has 10 nitrogen and oxygen atoms in total. The second kappa shape index (κ2) is 9.80. The number of aromatic carboxylic acids is 1. The summed E-state index contributed by atoms with van der Waals surface area (Å²) in [6.45, 7) is 1.92. The van der Waals surface area contributed by atoms with Crippen molar-refractivity contribution in [3.63, 3.8) is 0 Å². The highest BCUT2D eigenvalue weighted by Gasteiger charge is 2.30. The Morgan fingerprint density at radius 1 is 1.03 bits per heavy atom. The van der Waals surface area contributed by atoms with Gasteiger partial charge >= 0.3 is 5.97 Å². The summed E-state index contributed by atoms with van der Waals surface area (Å²) in [5, 5.41) is 25.7. The van der Waals surface area contributed by atoms with E-state index in [-0.39, 0.29) is 28.9 Å². The van der Waals surface area contributed by atoms with Gasteiger partial charge in [0.1, 0.15) is 5.75 Å². The van der Waals surface area contributed by atoms with Gasteiger partial charge in [-0.15, -0.1) is 10.2 Å². The molecule has 2 amide bonds. The molecule has 1 heterocycles. The quantitative estimate of drug-likeness (QED) is 0.387. The Labute approximate surface area is 201 Å². The van der Waals surface area contributed by atoms with Gasteiger partial charge in [0.15, 0.2) is 11.5 Å². The molecule has 1 aliphatic carbocycles. The van der Waals surface area contributed by atoms with Gasteiger partial charge in [-0.1, -0.05) is 18.2 Å². The van der Waals surface area contributed by atoms with Crippen LogP contribution >= 0.6 is 0 Å². The minimum absolute atomic E-state index is 0.0147. The number of benzene rings is 2. The molecule has 180 valence electrons. The minimum Gasteiger partial charge on any atom is -0.494 e. The van der Waals surface area contributed by atoms with Crippen LogP contribution in [0.5, 0.6) is 5.75 Å². The van der Waals surface area contributed by atoms with Crippen LogP contribution in [-0.2, 0) is 4.79 Å². The fourth-order valence-electron chi connectivity index (χ4n) is 3.68. The maximum absolute atomic E-state index is 12.4. The predicted octanol–water partition coefficient (Wildman–Crippen LogP) is 3.61. The van der Waals surface area contributed by atoms with E-state index in [0.717, 1.165) is 29.5 Å². The molecule has 0 radical (unpaired) electrons. The Morgan fingerprint density at radius 3 is 2.34 bits per heavy atom. The number of amides is 2. The second-order valence-corrected chi connectivity index (χ2v) is 8.18. The average Bonchev–Trinajstić information content (AvgIpc) is 3.70. The Morgan fingerprint density at radius 2 is 1.74 bits per heavy atom. The van der Waals surface area contributed by atoms with Crippen LogP contribution in [0.4, 0.5) is 17.2 Å². The van der Waals surface area contributed by atoms with Crippen LogP contribution in [0.3, 0.4) is 0 Å². The van der Waals surface area contributed by atoms with Crippen molar-refractivity contribution in [2.45, 2.75) is 19.8 Å². The number of hydrogen-bond acceptors (Lipinski definition) is 7. The van der Waals surface area contributed by atoms with Crippen LogP contribution in [0.1, 0.15) is 39.3 Å². The van der Waals surface area contributed by atoms with Gasteiger partial charge in [0.05, 0.1) is 24.0 Å². The molecule has 35 heavy (non-hydrogen) atoms. The first-order valence-electron chi connectivity index (χ1n) is 11.0. The number of aryl methyl sites for hydroxylation is 1. The Bertz CT molecular complexity index is 1300. The fraction of sp³-hybridized carbons (Fsp3) is 0.240. The van der Waals surface area contributed by atoms with Crippen molar-refractivity contribution in [2.75, 3.05) is 24.8 Å². The molecule has 10 heteroatoms. The molecular weight excluding hydrogens is 450 g/mol. The van der Waals surface area contributed by atoms with Crippen molar-refractivity contribution in [3.05, 3.63) is 59.3 Å². The number of rotatable bonds is 8. The molecule has 2 aromatic carbocycles. The molecule has 1 saturated carbocycles. The van der Waals surface area contributed by atoms with Gasteiger partial charge in [-0.3, -0.25) is 9.59 Å². The van der Waals surface area contributed by atoms with Crippen LogP contribution in [-0.4, -0.2) is 47.2 Å². The smallest absolute Gasteiger partial charge is 0.335 e. The van der Waals surface area contributed by atoms with Crippen molar-refractivity contribution in [2.24, 2.45) is 5.92 Å². The van der Waals surface area contributed by atoms with E-state index in [4.69, 9.17) is 4.74 Å². The molecule has 0 atom stereocenters. The van der Waals surface area contributed by atoms with Gasteiger partial charge in [-0.05, 0) is 49.1 Å². The van der Waals surface area contributed by atoms with E-state index in [9.17, 15) is 19.5 Å². The maximum atomic E-state index is 12.4. The van der Waals surface area contributed by atoms with Gasteiger partial charge < -0.3 is 25.8 Å². The van der Waals surface area contributed by atoms with Gasteiger partial charge in [-0.25, -0.2) is 4.79 Å². The number of methoxy groups -OCH3 is 1. The average molecular weight is 476 g/mol. The first-order valence-corrected chi connectivity index (χ1v) is 11.0. The molecule has 0 saturated heterocycles. The van der Waals surface area contributed by atoms with E-state index in [1.54, 1.807) is 24.3 Å². The lowest BCUT2D eigenvalue weighted by Gasteiger charge is -2.19. The number of ether oxygens (including phenoxy) is 1. The maximum Gasteiger partial charge on any atom is 0.335 e. The number of carboxylic acid groups (broad SMARTS) is 1. The number of nitrogens with one attached hydrogen (secondary N) is 3. The van der Waals surface area contributed by atoms with Crippen molar-refractivity contribution in [1.82, 2.24) is 15.5 Å². The Hall–Kier alpha value is -4.47. The molecule has 3 aromatic rings. The molecule has 1 aliphatic rings. The Balaban J connectivity index is 1.74. The van der Waals surface area contributed by atoms with E-state index in [2.05, 4.69) is 26.1 Å². The molecule has 4 rings (SSSR count). The molecule has 4 N–H and O–H groups in total. The summed E-state index contributed by atoms with van der Waals surface area (Å²) in [5.74, 6) is -0.872. The summed E-state index contributed by atoms with van der Waals surface area (Å²) in [6, 6.07) is 11.7. The third-order valence-electron chi connectivity index (χ3n) is 5.70. The van der Waals surface area contributed by atoms with Crippen LogP contribution in [0.15, 0.2) is 42.5 Å². The van der Waals surface area contributed by atoms with E-state index in [1.165, 1.54) is 26.3 Å². The lowest BCUT2D eigenvalue weighted by atomic mass is 9.97. The highest BCUT2D eigenvalue weighted by atomic mass is 16.5. The monoisotopic (exact) mass is 475 g/mol. The second-order valence-electron chi connectivity index (χ2n) is 8.18. The van der Waals surface area contributed by atoms with Crippen molar-refractivity contribution < 1.29 is 24.2 Å². The summed E-state index contributed by atoms with van der Waals surface area (Å²) < 4.78 is 5.74. The van der Waals surface area contributed by atoms with E-state index >= 15 is 0 Å². The summed E-state index contributed by atoms with van der Waals surface area (Å²) in [7, 11) is 3.02. The fourth-order valence-corrected chi connectivity index (χ4v) is 3.68. The summed E-state index contributed by atoms with van der Waals surface area (Å²) in [4.78, 5) is 35.9. The molecule has 0 unspecified atom stereocenters. The van der Waals surface area contributed by atoms with E-state index in [0.29, 0.717) is 17.1 Å². The van der Waals surface area contributed by atoms with Crippen LogP contribution in [0.2, 0.25) is 0 Å². The number of aromatic nitrogens is 2. The third-order valence-corrected chi connectivity index (χ3v) is 5.70. The number of anilines is 3. The standard InChI is InChI=1S/C25H25N5O5/c1-13-4-11-17(22(35-3)20(13)14-5-9-16(10-6-14)25(33)34)27-18-12-19(28-23(31)15-7-8-15)29-30-21(18)24(32)26-2/h4-6,9-12,15H,7-8H2,1-3H3,(H,26,32)(H,33,34)(H2,27,28,29,31). The molecule has 1 aromatic heterocycles. The zero-order valence-corrected chi connectivity index (χ0v) is 19.5. The molecular formula is C25H25N5O5. The van der Waals surface area contributed by atoms with Gasteiger partial charge in [0.25, 0.3) is 5.91 Å². The summed E-state index contributed by atoms with van der Waals surface area (Å²) in [5.41, 5.74) is 3.55. The van der Waals surface area contributed by atoms with Crippen LogP contribution in [0.25, 0.3) is 11.1 Å². The van der Waals surface area contributed by atoms with Crippen molar-refractivity contribution >= 4 is 35.0 Å². The van der Waals surface area contributed by atoms with Crippen LogP contribution < -0.4 is 20.7 Å². The SMILES string of the molecule is CNC(=O)c1nnc(NC(=O)C2CC2)cc1Nc1ccc(C)c(-c2ccc(C(=O)O)cc2)c1OC. The first kappa shape index (κ1) is 23.7. The lowest BCUT2D eigenvalue weighted by molar-refractivity contribution is -0.117. The number of hydrogen-bond donors (Lipinski definition) is 4. The zero-order chi connectivity index (χ0) is 25.1. The normalized spacial score (nSPS) is 12.5. The predicted molar refractivity (Wildman–Crippen MR) is 130 cm³/mol. The van der Waals surface area contributed by atoms with Gasteiger partial charge in [-0.2, -0.15) is 0 Å². The highest BCUT2D eigenvalue weighted by molar-refractivity contribution is 6.00. The first-order chi connectivity index (χ1) is 16.8. The highest BCUT2D eigenvalue weighted by Crippen LogP contribution is 2.41. The topological polar surface area (TPSA) is 143 Å². The molecule has 0 bridgehead atoms. The van der Waals surface area contributed by atoms with Gasteiger partial charge in [0.2, 0.25) is 5.91 Å². The number of carboxylic acids is 1. The summed E-state index contributed by atoms with van der Waals surface area (Å²) >= 11 is 0. The van der Waals surface area contributed by atoms with Crippen LogP contribution in [0, 0.1) is 12.8 Å². The molecule has 1 fully saturated rings. The summed E-state index contributed by atoms with van der Waals surface area (Å²) in [6.07, 6.45) is 1.69. The minimum atomic E-state index is -1.01. The number of carbonyl (C=O) groups excluding carboxylic acids is 2. The molecule has 0 spiro atoms. The van der Waals surface area contributed by atoms with E-state index in [1.807, 2.05) is 13.0 Å². The Kier molecular flexibility index (Phi) is 6.63. The zero-order valence-electron chi connectivity index (χ0n) is 19.5. The largest absolute Gasteiger partial charge is 0.494 e. The number of carbonyl (C=O) groups is 3. The van der Waals surface area contributed by atoms with Gasteiger partial charge in [0, 0.05) is 24.6 Å². The lowest BCUT2D eigenvalue weighted by Crippen LogP contribution is -2.22. The third kappa shape index (κ3) is 5.06. The molecule has 0 aliphatic heterocycles. The van der Waals surface area contributed by atoms with E-state index < -0.39 is 11.9 Å².